The van der Waals surface area contributed by atoms with Crippen molar-refractivity contribution in [3.8, 4) is 12.3 Å². The summed E-state index contributed by atoms with van der Waals surface area (Å²) in [5, 5.41) is 0. The van der Waals surface area contributed by atoms with Crippen molar-refractivity contribution in [1.82, 2.24) is 9.97 Å². The van der Waals surface area contributed by atoms with Gasteiger partial charge in [0, 0.05) is 12.1 Å². The fraction of sp³-hybridized carbons (Fsp3) is 0.455. The molecule has 0 unspecified atom stereocenters. The predicted octanol–water partition coefficient (Wildman–Crippen LogP) is 1.72. The highest BCUT2D eigenvalue weighted by molar-refractivity contribution is 5.26. The van der Waals surface area contributed by atoms with Gasteiger partial charge in [-0.05, 0) is 31.7 Å². The monoisotopic (exact) mass is 172 g/mol. The molecule has 0 atom stereocenters. The zero-order chi connectivity index (χ0) is 9.26. The summed E-state index contributed by atoms with van der Waals surface area (Å²) >= 11 is 0. The third-order valence-corrected chi connectivity index (χ3v) is 2.22. The minimum absolute atomic E-state index is 0.711. The second-order valence-corrected chi connectivity index (χ2v) is 3.60. The molecule has 2 nitrogen and oxygen atoms in total. The Labute approximate surface area is 78.4 Å². The highest BCUT2D eigenvalue weighted by Crippen LogP contribution is 2.31. The molecule has 0 bridgehead atoms. The van der Waals surface area contributed by atoms with Gasteiger partial charge in [0.25, 0.3) is 0 Å². The van der Waals surface area contributed by atoms with E-state index in [0.717, 1.165) is 23.9 Å². The van der Waals surface area contributed by atoms with Gasteiger partial charge in [-0.1, -0.05) is 5.92 Å². The van der Waals surface area contributed by atoms with Crippen molar-refractivity contribution >= 4 is 0 Å². The Morgan fingerprint density at radius 3 is 2.92 bits per heavy atom. The van der Waals surface area contributed by atoms with Gasteiger partial charge in [-0.2, -0.15) is 0 Å². The van der Waals surface area contributed by atoms with E-state index < -0.39 is 0 Å². The Morgan fingerprint density at radius 1 is 1.54 bits per heavy atom. The number of aryl methyl sites for hydroxylation is 1. The average molecular weight is 172 g/mol. The van der Waals surface area contributed by atoms with Crippen LogP contribution in [0.5, 0.6) is 0 Å². The van der Waals surface area contributed by atoms with Crippen LogP contribution in [0.25, 0.3) is 0 Å². The third-order valence-electron chi connectivity index (χ3n) is 2.22. The molecule has 2 heteroatoms. The van der Waals surface area contributed by atoms with E-state index in [1.807, 2.05) is 13.0 Å². The minimum atomic E-state index is 0.711. The molecule has 66 valence electrons. The molecule has 13 heavy (non-hydrogen) atoms. The van der Waals surface area contributed by atoms with Crippen molar-refractivity contribution in [1.29, 1.82) is 0 Å². The molecule has 0 amide bonds. The molecule has 1 heterocycles. The van der Waals surface area contributed by atoms with Gasteiger partial charge in [-0.15, -0.1) is 6.42 Å². The zero-order valence-corrected chi connectivity index (χ0v) is 7.75. The first-order valence-electron chi connectivity index (χ1n) is 4.59. The molecular weight excluding hydrogens is 160 g/mol. The molecule has 1 aliphatic carbocycles. The van der Waals surface area contributed by atoms with E-state index in [0.29, 0.717) is 5.69 Å². The number of terminal acetylenes is 1. The van der Waals surface area contributed by atoms with E-state index in [4.69, 9.17) is 6.42 Å². The second-order valence-electron chi connectivity index (χ2n) is 3.60. The van der Waals surface area contributed by atoms with Gasteiger partial charge in [-0.25, -0.2) is 9.97 Å². The molecule has 1 saturated carbocycles. The van der Waals surface area contributed by atoms with Gasteiger partial charge < -0.3 is 0 Å². The van der Waals surface area contributed by atoms with Crippen LogP contribution >= 0.6 is 0 Å². The quantitative estimate of drug-likeness (QED) is 0.635. The molecule has 1 aromatic heterocycles. The van der Waals surface area contributed by atoms with Gasteiger partial charge in [0.05, 0.1) is 0 Å². The Balaban J connectivity index is 2.24. The van der Waals surface area contributed by atoms with Gasteiger partial charge in [-0.3, -0.25) is 0 Å². The molecule has 0 spiro atoms. The first-order valence-corrected chi connectivity index (χ1v) is 4.59. The lowest BCUT2D eigenvalue weighted by molar-refractivity contribution is 0.761. The van der Waals surface area contributed by atoms with Crippen molar-refractivity contribution in [3.63, 3.8) is 0 Å². The summed E-state index contributed by atoms with van der Waals surface area (Å²) in [7, 11) is 0. The van der Waals surface area contributed by atoms with Crippen LogP contribution in [0.2, 0.25) is 0 Å². The number of hydrogen-bond donors (Lipinski definition) is 0. The molecule has 2 rings (SSSR count). The van der Waals surface area contributed by atoms with Gasteiger partial charge in [0.1, 0.15) is 11.5 Å². The van der Waals surface area contributed by atoms with Crippen LogP contribution in [0, 0.1) is 25.2 Å². The normalized spacial score (nSPS) is 15.4. The molecule has 0 radical (unpaired) electrons. The molecule has 0 N–H and O–H groups in total. The van der Waals surface area contributed by atoms with E-state index >= 15 is 0 Å². The molecule has 0 aromatic carbocycles. The highest BCUT2D eigenvalue weighted by atomic mass is 14.9. The minimum Gasteiger partial charge on any atom is -0.238 e. The molecule has 1 fully saturated rings. The summed E-state index contributed by atoms with van der Waals surface area (Å²) in [6.45, 7) is 1.96. The second kappa shape index (κ2) is 3.18. The Bertz CT molecular complexity index is 359. The topological polar surface area (TPSA) is 25.8 Å². The van der Waals surface area contributed by atoms with Crippen molar-refractivity contribution in [2.45, 2.75) is 26.2 Å². The first-order chi connectivity index (χ1) is 6.28. The summed E-state index contributed by atoms with van der Waals surface area (Å²) in [6, 6.07) is 1.84. The number of rotatable bonds is 2. The molecule has 0 aliphatic heterocycles. The smallest absolute Gasteiger partial charge is 0.130 e. The summed E-state index contributed by atoms with van der Waals surface area (Å²) in [5.41, 5.74) is 1.68. The Kier molecular flexibility index (Phi) is 2.02. The summed E-state index contributed by atoms with van der Waals surface area (Å²) in [6.07, 6.45) is 8.93. The maximum absolute atomic E-state index is 5.29. The Hall–Kier alpha value is -1.36. The lowest BCUT2D eigenvalue weighted by Crippen LogP contribution is -2.00. The van der Waals surface area contributed by atoms with Gasteiger partial charge in [0.15, 0.2) is 0 Å². The average Bonchev–Trinajstić information content (AvgIpc) is 2.87. The van der Waals surface area contributed by atoms with E-state index in [1.54, 1.807) is 0 Å². The SMILES string of the molecule is C#Cc1cc(C)nc(CC2CC2)n1. The molecule has 1 aromatic rings. The molecule has 0 saturated heterocycles. The summed E-state index contributed by atoms with van der Waals surface area (Å²) < 4.78 is 0. The highest BCUT2D eigenvalue weighted by Gasteiger charge is 2.22. The lowest BCUT2D eigenvalue weighted by Gasteiger charge is -2.00. The summed E-state index contributed by atoms with van der Waals surface area (Å²) in [4.78, 5) is 8.64. The molecular formula is C11H12N2. The van der Waals surface area contributed by atoms with Crippen LogP contribution in [-0.2, 0) is 6.42 Å². The molecule has 1 aliphatic rings. The van der Waals surface area contributed by atoms with Crippen LogP contribution in [-0.4, -0.2) is 9.97 Å². The fourth-order valence-corrected chi connectivity index (χ4v) is 1.38. The number of hydrogen-bond acceptors (Lipinski definition) is 2. The Morgan fingerprint density at radius 2 is 2.31 bits per heavy atom. The number of aromatic nitrogens is 2. The summed E-state index contributed by atoms with van der Waals surface area (Å²) in [5.74, 6) is 4.28. The fourth-order valence-electron chi connectivity index (χ4n) is 1.38. The maximum Gasteiger partial charge on any atom is 0.130 e. The van der Waals surface area contributed by atoms with E-state index in [1.165, 1.54) is 12.8 Å². The van der Waals surface area contributed by atoms with Crippen LogP contribution < -0.4 is 0 Å². The predicted molar refractivity (Wildman–Crippen MR) is 51.1 cm³/mol. The first kappa shape index (κ1) is 8.25. The maximum atomic E-state index is 5.29. The standard InChI is InChI=1S/C11H12N2/c1-3-10-6-8(2)12-11(13-10)7-9-4-5-9/h1,6,9H,4-5,7H2,2H3. The van der Waals surface area contributed by atoms with Crippen LogP contribution in [0.3, 0.4) is 0 Å². The van der Waals surface area contributed by atoms with Crippen LogP contribution in [0.15, 0.2) is 6.07 Å². The van der Waals surface area contributed by atoms with E-state index in [-0.39, 0.29) is 0 Å². The van der Waals surface area contributed by atoms with Gasteiger partial charge >= 0.3 is 0 Å². The van der Waals surface area contributed by atoms with Crippen molar-refractivity contribution in [2.75, 3.05) is 0 Å². The number of nitrogens with zero attached hydrogens (tertiary/aromatic N) is 2. The van der Waals surface area contributed by atoms with Gasteiger partial charge in [0.2, 0.25) is 0 Å². The van der Waals surface area contributed by atoms with E-state index in [9.17, 15) is 0 Å². The largest absolute Gasteiger partial charge is 0.238 e. The van der Waals surface area contributed by atoms with Crippen molar-refractivity contribution in [2.24, 2.45) is 5.92 Å². The zero-order valence-electron chi connectivity index (χ0n) is 7.75. The van der Waals surface area contributed by atoms with E-state index in [2.05, 4.69) is 15.9 Å². The van der Waals surface area contributed by atoms with Crippen LogP contribution in [0.4, 0.5) is 0 Å². The third kappa shape index (κ3) is 2.06. The van der Waals surface area contributed by atoms with Crippen LogP contribution in [0.1, 0.15) is 30.1 Å². The van der Waals surface area contributed by atoms with Crippen molar-refractivity contribution < 1.29 is 0 Å². The lowest BCUT2D eigenvalue weighted by atomic mass is 10.2. The van der Waals surface area contributed by atoms with Crippen molar-refractivity contribution in [3.05, 3.63) is 23.3 Å².